The fourth-order valence-electron chi connectivity index (χ4n) is 6.84. The van der Waals surface area contributed by atoms with Crippen molar-refractivity contribution in [2.24, 2.45) is 17.3 Å². The van der Waals surface area contributed by atoms with E-state index in [1.54, 1.807) is 6.92 Å². The van der Waals surface area contributed by atoms with Crippen LogP contribution in [0.3, 0.4) is 0 Å². The van der Waals surface area contributed by atoms with Gasteiger partial charge < -0.3 is 35.0 Å². The molecule has 0 radical (unpaired) electrons. The number of ketones is 1. The molecule has 0 aromatic carbocycles. The second-order valence-electron chi connectivity index (χ2n) is 10.0. The van der Waals surface area contributed by atoms with Gasteiger partial charge in [-0.25, -0.2) is 0 Å². The van der Waals surface area contributed by atoms with Crippen molar-refractivity contribution in [3.05, 3.63) is 11.1 Å². The highest BCUT2D eigenvalue weighted by Gasteiger charge is 2.90. The minimum Gasteiger partial charge on any atom is -0.396 e. The van der Waals surface area contributed by atoms with Gasteiger partial charge in [-0.1, -0.05) is 19.4 Å². The molecule has 5 bridgehead atoms. The van der Waals surface area contributed by atoms with Gasteiger partial charge in [-0.2, -0.15) is 0 Å². The minimum atomic E-state index is -2.33. The van der Waals surface area contributed by atoms with Gasteiger partial charge in [0, 0.05) is 17.9 Å². The number of ether oxygens (including phenoxy) is 2. The molecule has 5 N–H and O–H groups in total. The van der Waals surface area contributed by atoms with Gasteiger partial charge in [0.15, 0.2) is 11.4 Å². The number of hydrogen-bond acceptors (Lipinski definition) is 8. The molecule has 2 aliphatic heterocycles. The van der Waals surface area contributed by atoms with E-state index in [1.807, 2.05) is 0 Å². The highest BCUT2D eigenvalue weighted by molar-refractivity contribution is 6.07. The lowest BCUT2D eigenvalue weighted by Crippen LogP contribution is -2.85. The summed E-state index contributed by atoms with van der Waals surface area (Å²) in [6.45, 7) is 5.81. The zero-order valence-corrected chi connectivity index (χ0v) is 16.5. The third-order valence-electron chi connectivity index (χ3n) is 8.61. The highest BCUT2D eigenvalue weighted by Crippen LogP contribution is 2.75. The summed E-state index contributed by atoms with van der Waals surface area (Å²) >= 11 is 0. The van der Waals surface area contributed by atoms with Crippen LogP contribution in [0.1, 0.15) is 47.0 Å². The molecular weight excluding hydrogens is 368 g/mol. The van der Waals surface area contributed by atoms with Crippen molar-refractivity contribution in [2.45, 2.75) is 81.4 Å². The molecule has 0 spiro atoms. The van der Waals surface area contributed by atoms with E-state index in [0.717, 1.165) is 0 Å². The molecule has 0 amide bonds. The lowest BCUT2D eigenvalue weighted by Gasteiger charge is -2.68. The van der Waals surface area contributed by atoms with E-state index in [2.05, 4.69) is 0 Å². The van der Waals surface area contributed by atoms with Crippen molar-refractivity contribution in [3.8, 4) is 0 Å². The number of aliphatic hydroxyl groups is 5. The fraction of sp³-hybridized carbons (Fsp3) is 0.850. The van der Waals surface area contributed by atoms with Crippen LogP contribution in [0.2, 0.25) is 0 Å². The maximum absolute atomic E-state index is 13.6. The van der Waals surface area contributed by atoms with Gasteiger partial charge >= 0.3 is 0 Å². The summed E-state index contributed by atoms with van der Waals surface area (Å²) in [6, 6.07) is 0. The molecular formula is C20H28O8. The van der Waals surface area contributed by atoms with E-state index in [0.29, 0.717) is 24.0 Å². The Bertz CT molecular complexity index is 831. The second-order valence-corrected chi connectivity index (χ2v) is 10.0. The summed E-state index contributed by atoms with van der Waals surface area (Å²) in [5.41, 5.74) is -6.31. The predicted octanol–water partition coefficient (Wildman–Crippen LogP) is -0.639. The number of rotatable bonds is 2. The first-order chi connectivity index (χ1) is 12.7. The van der Waals surface area contributed by atoms with Gasteiger partial charge in [-0.05, 0) is 26.7 Å². The van der Waals surface area contributed by atoms with Crippen LogP contribution in [0.25, 0.3) is 0 Å². The summed E-state index contributed by atoms with van der Waals surface area (Å²) in [7, 11) is 0. The van der Waals surface area contributed by atoms with E-state index < -0.39 is 57.5 Å². The minimum absolute atomic E-state index is 0.233. The molecule has 156 valence electrons. The summed E-state index contributed by atoms with van der Waals surface area (Å²) in [5, 5.41) is 55.9. The molecule has 5 rings (SSSR count). The molecule has 3 fully saturated rings. The number of carbonyl (C=O) groups is 1. The largest absolute Gasteiger partial charge is 0.396 e. The molecule has 8 nitrogen and oxygen atoms in total. The van der Waals surface area contributed by atoms with Crippen LogP contribution >= 0.6 is 0 Å². The molecule has 2 saturated heterocycles. The van der Waals surface area contributed by atoms with Crippen molar-refractivity contribution in [3.63, 3.8) is 0 Å². The lowest BCUT2D eigenvalue weighted by molar-refractivity contribution is -0.356. The molecule has 8 atom stereocenters. The van der Waals surface area contributed by atoms with E-state index >= 15 is 0 Å². The van der Waals surface area contributed by atoms with Crippen molar-refractivity contribution >= 4 is 5.78 Å². The SMILES string of the molecule is C[C@@H]1[C@]2(O)O[C@]3(C(C)(C)O)C[C@]4(O)[C@@]1(O)C(=O)C1=C(CC[C@H]1CO)[C@]4(C)[C@H]2O3. The van der Waals surface area contributed by atoms with E-state index in [1.165, 1.54) is 20.8 Å². The zero-order valence-electron chi connectivity index (χ0n) is 16.5. The summed E-state index contributed by atoms with van der Waals surface area (Å²) in [5.74, 6) is -6.14. The van der Waals surface area contributed by atoms with E-state index in [9.17, 15) is 30.3 Å². The number of carbonyl (C=O) groups excluding carboxylic acids is 1. The standard InChI is InChI=1S/C20H28O8/c1-9-19(25)13(22)12-10(7-21)5-6-11(12)16(4)14-20(9,26)28-18(27-14,15(2,3)23)8-17(16,19)24/h9-10,14,21,23-26H,5-8H2,1-4H3/t9-,10-,14+,16+,17+,18-,19-,20-/m0/s1. The van der Waals surface area contributed by atoms with Crippen molar-refractivity contribution in [1.82, 2.24) is 0 Å². The summed E-state index contributed by atoms with van der Waals surface area (Å²) in [6.07, 6.45) is -0.491. The molecule has 2 heterocycles. The van der Waals surface area contributed by atoms with Crippen molar-refractivity contribution in [2.75, 3.05) is 6.61 Å². The van der Waals surface area contributed by atoms with Crippen LogP contribution in [-0.4, -0.2) is 72.4 Å². The van der Waals surface area contributed by atoms with E-state index in [4.69, 9.17) is 9.47 Å². The van der Waals surface area contributed by atoms with Crippen LogP contribution in [-0.2, 0) is 14.3 Å². The highest BCUT2D eigenvalue weighted by atomic mass is 16.8. The normalized spacial score (nSPS) is 57.2. The Kier molecular flexibility index (Phi) is 3.22. The first-order valence-corrected chi connectivity index (χ1v) is 9.91. The summed E-state index contributed by atoms with van der Waals surface area (Å²) < 4.78 is 12.1. The van der Waals surface area contributed by atoms with Crippen molar-refractivity contribution in [1.29, 1.82) is 0 Å². The molecule has 0 aromatic rings. The Morgan fingerprint density at radius 3 is 2.46 bits per heavy atom. The molecule has 8 heteroatoms. The molecule has 5 aliphatic rings. The second kappa shape index (κ2) is 4.72. The first-order valence-electron chi connectivity index (χ1n) is 9.91. The first kappa shape index (κ1) is 19.1. The van der Waals surface area contributed by atoms with Gasteiger partial charge in [0.2, 0.25) is 11.6 Å². The van der Waals surface area contributed by atoms with Gasteiger partial charge in [-0.15, -0.1) is 0 Å². The van der Waals surface area contributed by atoms with E-state index in [-0.39, 0.29) is 13.0 Å². The Labute approximate surface area is 162 Å². The van der Waals surface area contributed by atoms with Crippen molar-refractivity contribution < 1.29 is 39.8 Å². The van der Waals surface area contributed by atoms with Crippen LogP contribution in [0.4, 0.5) is 0 Å². The van der Waals surface area contributed by atoms with Gasteiger partial charge in [0.25, 0.3) is 0 Å². The Balaban J connectivity index is 1.86. The predicted molar refractivity (Wildman–Crippen MR) is 93.6 cm³/mol. The third kappa shape index (κ3) is 1.52. The fourth-order valence-corrected chi connectivity index (χ4v) is 6.84. The van der Waals surface area contributed by atoms with Gasteiger partial charge in [-0.3, -0.25) is 4.79 Å². The summed E-state index contributed by atoms with van der Waals surface area (Å²) in [4.78, 5) is 13.6. The maximum Gasteiger partial charge on any atom is 0.203 e. The molecule has 28 heavy (non-hydrogen) atoms. The number of fused-ring (bicyclic) bond motifs is 1. The molecule has 1 saturated carbocycles. The number of Topliss-reactive ketones (excluding diaryl/α,β-unsaturated/α-hetero) is 1. The van der Waals surface area contributed by atoms with Gasteiger partial charge in [0.1, 0.15) is 17.3 Å². The molecule has 0 aromatic heterocycles. The quantitative estimate of drug-likeness (QED) is 0.416. The lowest BCUT2D eigenvalue weighted by atomic mass is 9.42. The third-order valence-corrected chi connectivity index (χ3v) is 8.61. The Hall–Kier alpha value is -0.870. The van der Waals surface area contributed by atoms with Gasteiger partial charge in [0.05, 0.1) is 17.9 Å². The average Bonchev–Trinajstić information content (AvgIpc) is 3.14. The number of hydrogen-bond donors (Lipinski definition) is 5. The Morgan fingerprint density at radius 1 is 1.25 bits per heavy atom. The van der Waals surface area contributed by atoms with Crippen LogP contribution in [0.5, 0.6) is 0 Å². The maximum atomic E-state index is 13.6. The van der Waals surface area contributed by atoms with Crippen LogP contribution in [0.15, 0.2) is 11.1 Å². The smallest absolute Gasteiger partial charge is 0.203 e. The number of aliphatic hydroxyl groups excluding tert-OH is 1. The monoisotopic (exact) mass is 396 g/mol. The molecule has 3 aliphatic carbocycles. The van der Waals surface area contributed by atoms with Crippen LogP contribution < -0.4 is 0 Å². The molecule has 0 unspecified atom stereocenters. The topological polar surface area (TPSA) is 137 Å². The van der Waals surface area contributed by atoms with Crippen LogP contribution in [0, 0.1) is 17.3 Å². The zero-order chi connectivity index (χ0) is 20.7. The average molecular weight is 396 g/mol. The Morgan fingerprint density at radius 2 is 1.89 bits per heavy atom.